The quantitative estimate of drug-likeness (QED) is 0.173. The van der Waals surface area contributed by atoms with Crippen LogP contribution in [-0.4, -0.2) is 43.8 Å². The van der Waals surface area contributed by atoms with E-state index in [2.05, 4.69) is 5.32 Å². The zero-order valence-corrected chi connectivity index (χ0v) is 26.9. The van der Waals surface area contributed by atoms with Gasteiger partial charge in [0.2, 0.25) is 11.8 Å². The number of hydrogen-bond acceptors (Lipinski definition) is 4. The second-order valence-corrected chi connectivity index (χ2v) is 13.2. The molecule has 4 aromatic carbocycles. The summed E-state index contributed by atoms with van der Waals surface area (Å²) in [5, 5.41) is 3.45. The summed E-state index contributed by atoms with van der Waals surface area (Å²) in [6, 6.07) is 29.9. The molecular weight excluding hydrogens is 617 g/mol. The van der Waals surface area contributed by atoms with Crippen LogP contribution in [0, 0.1) is 0 Å². The minimum absolute atomic E-state index is 0.00569. The highest BCUT2D eigenvalue weighted by Crippen LogP contribution is 2.30. The minimum atomic E-state index is -4.25. The molecule has 10 heteroatoms. The first-order valence-corrected chi connectivity index (χ1v) is 16.5. The lowest BCUT2D eigenvalue weighted by Crippen LogP contribution is -2.54. The number of amides is 2. The Kier molecular flexibility index (Phi) is 11.4. The predicted molar refractivity (Wildman–Crippen MR) is 176 cm³/mol. The van der Waals surface area contributed by atoms with Gasteiger partial charge in [0.25, 0.3) is 10.0 Å². The van der Waals surface area contributed by atoms with Crippen molar-refractivity contribution >= 4 is 50.7 Å². The second kappa shape index (κ2) is 15.2. The third-order valence-corrected chi connectivity index (χ3v) is 9.44. The normalized spacial score (nSPS) is 12.6. The number of rotatable bonds is 13. The number of hydrogen-bond donors (Lipinski definition) is 1. The standard InChI is InChI=1S/C34H35Cl2N3O4S/c1-3-25(2)37-34(41)32(19-26-13-7-4-8-14-26)38(23-27-15-9-5-10-16-27)33(40)24-39(30-21-28(35)20-29(36)22-30)44(42,43)31-17-11-6-12-18-31/h4-18,20-22,25,32H,3,19,23-24H2,1-2H3,(H,37,41)/t25-,32+/m1/s1. The first-order chi connectivity index (χ1) is 21.1. The van der Waals surface area contributed by atoms with Gasteiger partial charge in [0.1, 0.15) is 12.6 Å². The van der Waals surface area contributed by atoms with Crippen LogP contribution in [0.25, 0.3) is 0 Å². The Morgan fingerprint density at radius 3 is 1.86 bits per heavy atom. The van der Waals surface area contributed by atoms with E-state index < -0.39 is 28.5 Å². The van der Waals surface area contributed by atoms with Crippen LogP contribution in [0.2, 0.25) is 10.0 Å². The third-order valence-electron chi connectivity index (χ3n) is 7.21. The summed E-state index contributed by atoms with van der Waals surface area (Å²) in [4.78, 5) is 29.7. The Morgan fingerprint density at radius 1 is 0.795 bits per heavy atom. The van der Waals surface area contributed by atoms with E-state index in [0.29, 0.717) is 6.42 Å². The van der Waals surface area contributed by atoms with E-state index in [1.54, 1.807) is 18.2 Å². The van der Waals surface area contributed by atoms with Crippen LogP contribution in [0.1, 0.15) is 31.4 Å². The Hall–Kier alpha value is -3.85. The average molecular weight is 653 g/mol. The molecule has 0 spiro atoms. The SMILES string of the molecule is CC[C@@H](C)NC(=O)[C@H](Cc1ccccc1)N(Cc1ccccc1)C(=O)CN(c1cc(Cl)cc(Cl)c1)S(=O)(=O)c1ccccc1. The molecule has 0 aliphatic rings. The first-order valence-electron chi connectivity index (χ1n) is 14.3. The van der Waals surface area contributed by atoms with Gasteiger partial charge in [-0.1, -0.05) is 109 Å². The van der Waals surface area contributed by atoms with Crippen LogP contribution in [0.15, 0.2) is 114 Å². The molecule has 4 rings (SSSR count). The number of sulfonamides is 1. The van der Waals surface area contributed by atoms with E-state index in [-0.39, 0.29) is 45.5 Å². The largest absolute Gasteiger partial charge is 0.352 e. The minimum Gasteiger partial charge on any atom is -0.352 e. The zero-order chi connectivity index (χ0) is 31.7. The van der Waals surface area contributed by atoms with Gasteiger partial charge in [0.05, 0.1) is 10.6 Å². The van der Waals surface area contributed by atoms with Gasteiger partial charge in [-0.15, -0.1) is 0 Å². The Balaban J connectivity index is 1.81. The second-order valence-electron chi connectivity index (χ2n) is 10.5. The van der Waals surface area contributed by atoms with Gasteiger partial charge < -0.3 is 10.2 Å². The van der Waals surface area contributed by atoms with E-state index >= 15 is 0 Å². The van der Waals surface area contributed by atoms with Gasteiger partial charge in [-0.25, -0.2) is 8.42 Å². The molecule has 230 valence electrons. The van der Waals surface area contributed by atoms with Gasteiger partial charge in [-0.3, -0.25) is 13.9 Å². The molecular formula is C34H35Cl2N3O4S. The summed E-state index contributed by atoms with van der Waals surface area (Å²) in [5.41, 5.74) is 1.78. The fourth-order valence-electron chi connectivity index (χ4n) is 4.71. The summed E-state index contributed by atoms with van der Waals surface area (Å²) in [7, 11) is -4.25. The van der Waals surface area contributed by atoms with E-state index in [0.717, 1.165) is 15.4 Å². The van der Waals surface area contributed by atoms with Crippen molar-refractivity contribution in [2.24, 2.45) is 0 Å². The molecule has 0 aliphatic carbocycles. The summed E-state index contributed by atoms with van der Waals surface area (Å²) < 4.78 is 29.1. The lowest BCUT2D eigenvalue weighted by molar-refractivity contribution is -0.140. The maximum atomic E-state index is 14.4. The van der Waals surface area contributed by atoms with Crippen molar-refractivity contribution < 1.29 is 18.0 Å². The highest BCUT2D eigenvalue weighted by Gasteiger charge is 2.35. The van der Waals surface area contributed by atoms with Crippen LogP contribution in [0.5, 0.6) is 0 Å². The van der Waals surface area contributed by atoms with Gasteiger partial charge in [0, 0.05) is 29.1 Å². The number of anilines is 1. The van der Waals surface area contributed by atoms with Gasteiger partial charge in [0.15, 0.2) is 0 Å². The molecule has 0 radical (unpaired) electrons. The third kappa shape index (κ3) is 8.62. The van der Waals surface area contributed by atoms with E-state index in [9.17, 15) is 18.0 Å². The highest BCUT2D eigenvalue weighted by molar-refractivity contribution is 7.92. The van der Waals surface area contributed by atoms with E-state index in [4.69, 9.17) is 23.2 Å². The van der Waals surface area contributed by atoms with Crippen molar-refractivity contribution in [3.05, 3.63) is 130 Å². The van der Waals surface area contributed by atoms with Crippen molar-refractivity contribution in [2.45, 2.75) is 50.2 Å². The monoisotopic (exact) mass is 651 g/mol. The Bertz CT molecular complexity index is 1640. The Morgan fingerprint density at radius 2 is 1.32 bits per heavy atom. The zero-order valence-electron chi connectivity index (χ0n) is 24.6. The molecule has 2 amide bonds. The average Bonchev–Trinajstić information content (AvgIpc) is 3.02. The number of nitrogens with one attached hydrogen (secondary N) is 1. The molecule has 0 aromatic heterocycles. The fraction of sp³-hybridized carbons (Fsp3) is 0.235. The molecule has 44 heavy (non-hydrogen) atoms. The van der Waals surface area contributed by atoms with Gasteiger partial charge in [-0.2, -0.15) is 0 Å². The maximum Gasteiger partial charge on any atom is 0.264 e. The van der Waals surface area contributed by atoms with Crippen molar-refractivity contribution in [3.8, 4) is 0 Å². The number of nitrogens with zero attached hydrogens (tertiary/aromatic N) is 2. The lowest BCUT2D eigenvalue weighted by Gasteiger charge is -2.34. The highest BCUT2D eigenvalue weighted by atomic mass is 35.5. The van der Waals surface area contributed by atoms with Crippen LogP contribution >= 0.6 is 23.2 Å². The molecule has 0 unspecified atom stereocenters. The van der Waals surface area contributed by atoms with Crippen LogP contribution in [0.4, 0.5) is 5.69 Å². The summed E-state index contributed by atoms with van der Waals surface area (Å²) in [6.45, 7) is 3.35. The molecule has 0 saturated heterocycles. The Labute approximate surface area is 269 Å². The predicted octanol–water partition coefficient (Wildman–Crippen LogP) is 6.74. The summed E-state index contributed by atoms with van der Waals surface area (Å²) in [5.74, 6) is -0.888. The molecule has 0 fully saturated rings. The number of benzene rings is 4. The fourth-order valence-corrected chi connectivity index (χ4v) is 6.64. The van der Waals surface area contributed by atoms with Crippen LogP contribution in [-0.2, 0) is 32.6 Å². The van der Waals surface area contributed by atoms with E-state index in [1.807, 2.05) is 74.5 Å². The van der Waals surface area contributed by atoms with E-state index in [1.165, 1.54) is 35.2 Å². The van der Waals surface area contributed by atoms with Crippen molar-refractivity contribution in [1.82, 2.24) is 10.2 Å². The molecule has 7 nitrogen and oxygen atoms in total. The lowest BCUT2D eigenvalue weighted by atomic mass is 10.0. The van der Waals surface area contributed by atoms with Gasteiger partial charge >= 0.3 is 0 Å². The van der Waals surface area contributed by atoms with Crippen LogP contribution in [0.3, 0.4) is 0 Å². The van der Waals surface area contributed by atoms with Gasteiger partial charge in [-0.05, 0) is 54.8 Å². The molecule has 2 atom stereocenters. The maximum absolute atomic E-state index is 14.4. The summed E-state index contributed by atoms with van der Waals surface area (Å²) >= 11 is 12.6. The topological polar surface area (TPSA) is 86.8 Å². The number of carbonyl (C=O) groups excluding carboxylic acids is 2. The number of halogens is 2. The first kappa shape index (κ1) is 33.1. The molecule has 1 N–H and O–H groups in total. The van der Waals surface area contributed by atoms with Crippen molar-refractivity contribution in [2.75, 3.05) is 10.8 Å². The van der Waals surface area contributed by atoms with Crippen molar-refractivity contribution in [3.63, 3.8) is 0 Å². The molecule has 4 aromatic rings. The van der Waals surface area contributed by atoms with Crippen molar-refractivity contribution in [1.29, 1.82) is 0 Å². The smallest absolute Gasteiger partial charge is 0.264 e. The molecule has 0 saturated carbocycles. The van der Waals surface area contributed by atoms with Crippen LogP contribution < -0.4 is 9.62 Å². The molecule has 0 heterocycles. The molecule has 0 bridgehead atoms. The summed E-state index contributed by atoms with van der Waals surface area (Å²) in [6.07, 6.45) is 0.936. The molecule has 0 aliphatic heterocycles. The number of carbonyl (C=O) groups is 2.